The molecule has 0 unspecified atom stereocenters. The van der Waals surface area contributed by atoms with Gasteiger partial charge in [0.1, 0.15) is 6.79 Å². The number of rotatable bonds is 9. The molecule has 0 aromatic rings. The van der Waals surface area contributed by atoms with Crippen LogP contribution < -0.4 is 0 Å². The molecule has 2 N–H and O–H groups in total. The van der Waals surface area contributed by atoms with Crippen LogP contribution >= 0.6 is 0 Å². The Hall–Kier alpha value is -0.680. The third-order valence-electron chi connectivity index (χ3n) is 6.67. The van der Waals surface area contributed by atoms with Gasteiger partial charge in [-0.25, -0.2) is 0 Å². The third kappa shape index (κ3) is 4.09. The number of ether oxygens (including phenoxy) is 2. The minimum absolute atomic E-state index is 0.0292. The van der Waals surface area contributed by atoms with Crippen LogP contribution in [0.4, 0.5) is 0 Å². The van der Waals surface area contributed by atoms with Gasteiger partial charge in [-0.3, -0.25) is 0 Å². The number of hydrogen-bond acceptors (Lipinski definition) is 4. The average molecular weight is 367 g/mol. The number of hydrogen-bond donors (Lipinski definition) is 2. The van der Waals surface area contributed by atoms with Crippen molar-refractivity contribution < 1.29 is 19.7 Å². The molecule has 0 bridgehead atoms. The second kappa shape index (κ2) is 9.01. The lowest BCUT2D eigenvalue weighted by molar-refractivity contribution is -0.116. The molecule has 26 heavy (non-hydrogen) atoms. The fourth-order valence-corrected chi connectivity index (χ4v) is 5.10. The molecule has 3 atom stereocenters. The molecular formula is C22H38O4. The van der Waals surface area contributed by atoms with E-state index in [1.54, 1.807) is 12.7 Å². The molecule has 2 aliphatic rings. The summed E-state index contributed by atoms with van der Waals surface area (Å²) in [5, 5.41) is 19.2. The number of aliphatic hydroxyl groups excluding tert-OH is 2. The van der Waals surface area contributed by atoms with E-state index in [0.717, 1.165) is 25.7 Å². The Bertz CT molecular complexity index is 528. The molecule has 0 amide bonds. The third-order valence-corrected chi connectivity index (χ3v) is 6.67. The zero-order valence-corrected chi connectivity index (χ0v) is 17.3. The molecule has 0 aromatic heterocycles. The van der Waals surface area contributed by atoms with Crippen LogP contribution in [0.1, 0.15) is 66.2 Å². The van der Waals surface area contributed by atoms with Crippen LogP contribution in [0.25, 0.3) is 0 Å². The van der Waals surface area contributed by atoms with Crippen molar-refractivity contribution >= 4 is 0 Å². The predicted molar refractivity (Wildman–Crippen MR) is 105 cm³/mol. The summed E-state index contributed by atoms with van der Waals surface area (Å²) in [4.78, 5) is 0. The molecule has 0 saturated heterocycles. The molecule has 4 nitrogen and oxygen atoms in total. The highest BCUT2D eigenvalue weighted by molar-refractivity contribution is 5.50. The Kier molecular flexibility index (Phi) is 7.49. The molecule has 150 valence electrons. The molecule has 0 radical (unpaired) electrons. The van der Waals surface area contributed by atoms with Gasteiger partial charge in [0.15, 0.2) is 0 Å². The normalized spacial score (nSPS) is 31.8. The van der Waals surface area contributed by atoms with E-state index in [1.807, 2.05) is 6.08 Å². The standard InChI is InChI=1S/C22H38O4/c1-16(2)17-8-10-21(3)11-12-22(4,18(9-14-24)20(17)21)19(7-6-13-23)26-15-25-5/h9,16,19,23-24H,6-8,10-15H2,1-5H3/b18-9+/t19-,21-,22+/m1/s1. The molecule has 2 rings (SSSR count). The second-order valence-electron chi connectivity index (χ2n) is 8.76. The first-order valence-electron chi connectivity index (χ1n) is 10.1. The summed E-state index contributed by atoms with van der Waals surface area (Å²) in [6, 6.07) is 0. The van der Waals surface area contributed by atoms with Gasteiger partial charge in [-0.15, -0.1) is 0 Å². The van der Waals surface area contributed by atoms with Crippen molar-refractivity contribution in [3.05, 3.63) is 22.8 Å². The van der Waals surface area contributed by atoms with Crippen molar-refractivity contribution in [2.24, 2.45) is 16.7 Å². The van der Waals surface area contributed by atoms with Gasteiger partial charge < -0.3 is 19.7 Å². The number of aliphatic hydroxyl groups is 2. The van der Waals surface area contributed by atoms with E-state index in [2.05, 4.69) is 27.7 Å². The van der Waals surface area contributed by atoms with Crippen LogP contribution in [-0.2, 0) is 9.47 Å². The van der Waals surface area contributed by atoms with E-state index in [0.29, 0.717) is 12.3 Å². The summed E-state index contributed by atoms with van der Waals surface area (Å²) in [7, 11) is 1.64. The molecule has 1 saturated carbocycles. The van der Waals surface area contributed by atoms with Crippen molar-refractivity contribution in [3.63, 3.8) is 0 Å². The number of allylic oxidation sites excluding steroid dienone is 2. The van der Waals surface area contributed by atoms with Crippen molar-refractivity contribution in [3.8, 4) is 0 Å². The van der Waals surface area contributed by atoms with Gasteiger partial charge in [0.05, 0.1) is 12.7 Å². The topological polar surface area (TPSA) is 58.9 Å². The van der Waals surface area contributed by atoms with Crippen molar-refractivity contribution in [1.29, 1.82) is 0 Å². The maximum atomic E-state index is 9.81. The van der Waals surface area contributed by atoms with Gasteiger partial charge in [-0.2, -0.15) is 0 Å². The van der Waals surface area contributed by atoms with E-state index in [-0.39, 0.29) is 36.9 Å². The average Bonchev–Trinajstić information content (AvgIpc) is 2.96. The minimum Gasteiger partial charge on any atom is -0.396 e. The Morgan fingerprint density at radius 3 is 2.46 bits per heavy atom. The molecule has 0 aliphatic heterocycles. The zero-order chi connectivity index (χ0) is 19.4. The zero-order valence-electron chi connectivity index (χ0n) is 17.3. The highest BCUT2D eigenvalue weighted by Gasteiger charge is 2.51. The summed E-state index contributed by atoms with van der Waals surface area (Å²) in [6.45, 7) is 9.69. The van der Waals surface area contributed by atoms with Gasteiger partial charge in [0.2, 0.25) is 0 Å². The maximum Gasteiger partial charge on any atom is 0.146 e. The molecule has 1 fully saturated rings. The summed E-state index contributed by atoms with van der Waals surface area (Å²) < 4.78 is 11.3. The van der Waals surface area contributed by atoms with E-state index in [9.17, 15) is 10.2 Å². The molecule has 0 heterocycles. The Morgan fingerprint density at radius 1 is 1.15 bits per heavy atom. The summed E-state index contributed by atoms with van der Waals surface area (Å²) in [5.41, 5.74) is 4.34. The van der Waals surface area contributed by atoms with Gasteiger partial charge >= 0.3 is 0 Å². The largest absolute Gasteiger partial charge is 0.396 e. The molecule has 4 heteroatoms. The van der Waals surface area contributed by atoms with Gasteiger partial charge in [-0.05, 0) is 61.0 Å². The van der Waals surface area contributed by atoms with E-state index in [1.165, 1.54) is 17.6 Å². The van der Waals surface area contributed by atoms with E-state index in [4.69, 9.17) is 9.47 Å². The fourth-order valence-electron chi connectivity index (χ4n) is 5.10. The fraction of sp³-hybridized carbons (Fsp3) is 0.818. The van der Waals surface area contributed by atoms with Gasteiger partial charge in [0.25, 0.3) is 0 Å². The van der Waals surface area contributed by atoms with Crippen molar-refractivity contribution in [2.45, 2.75) is 72.3 Å². The highest BCUT2D eigenvalue weighted by atomic mass is 16.7. The Labute approximate surface area is 159 Å². The summed E-state index contributed by atoms with van der Waals surface area (Å²) in [6.07, 6.45) is 8.02. The lowest BCUT2D eigenvalue weighted by atomic mass is 9.57. The van der Waals surface area contributed by atoms with Crippen LogP contribution in [0, 0.1) is 16.7 Å². The predicted octanol–water partition coefficient (Wildman–Crippen LogP) is 4.22. The highest BCUT2D eigenvalue weighted by Crippen LogP contribution is 2.61. The molecule has 2 aliphatic carbocycles. The SMILES string of the molecule is COCO[C@H](CCCO)[C@@]1(C)CC[C@@]2(C)CCC(C(C)C)=C2/C1=C\CO. The Balaban J connectivity index is 2.49. The first kappa shape index (κ1) is 21.6. The van der Waals surface area contributed by atoms with E-state index < -0.39 is 0 Å². The smallest absolute Gasteiger partial charge is 0.146 e. The van der Waals surface area contributed by atoms with Crippen LogP contribution in [-0.4, -0.2) is 43.4 Å². The van der Waals surface area contributed by atoms with E-state index >= 15 is 0 Å². The van der Waals surface area contributed by atoms with Crippen LogP contribution in [0.2, 0.25) is 0 Å². The molecule has 0 spiro atoms. The van der Waals surface area contributed by atoms with Crippen LogP contribution in [0.3, 0.4) is 0 Å². The quantitative estimate of drug-likeness (QED) is 0.600. The lowest BCUT2D eigenvalue weighted by Crippen LogP contribution is -2.44. The van der Waals surface area contributed by atoms with Gasteiger partial charge in [-0.1, -0.05) is 39.3 Å². The van der Waals surface area contributed by atoms with Crippen LogP contribution in [0.15, 0.2) is 22.8 Å². The molecule has 0 aromatic carbocycles. The van der Waals surface area contributed by atoms with Crippen LogP contribution in [0.5, 0.6) is 0 Å². The molecular weight excluding hydrogens is 328 g/mol. The first-order chi connectivity index (χ1) is 12.3. The summed E-state index contributed by atoms with van der Waals surface area (Å²) in [5.74, 6) is 0.520. The van der Waals surface area contributed by atoms with Crippen molar-refractivity contribution in [1.82, 2.24) is 0 Å². The van der Waals surface area contributed by atoms with Gasteiger partial charge in [0, 0.05) is 19.1 Å². The lowest BCUT2D eigenvalue weighted by Gasteiger charge is -2.49. The number of methoxy groups -OCH3 is 1. The summed E-state index contributed by atoms with van der Waals surface area (Å²) >= 11 is 0. The first-order valence-corrected chi connectivity index (χ1v) is 10.1. The maximum absolute atomic E-state index is 9.81. The second-order valence-corrected chi connectivity index (χ2v) is 8.76. The van der Waals surface area contributed by atoms with Crippen molar-refractivity contribution in [2.75, 3.05) is 27.1 Å². The Morgan fingerprint density at radius 2 is 1.88 bits per heavy atom. The minimum atomic E-state index is -0.171. The number of fused-ring (bicyclic) bond motifs is 1. The monoisotopic (exact) mass is 366 g/mol.